The molecule has 0 aliphatic rings. The van der Waals surface area contributed by atoms with E-state index in [4.69, 9.17) is 9.47 Å². The van der Waals surface area contributed by atoms with Crippen LogP contribution in [-0.2, 0) is 9.53 Å². The molecule has 1 aromatic rings. The van der Waals surface area contributed by atoms with Gasteiger partial charge in [-0.2, -0.15) is 0 Å². The van der Waals surface area contributed by atoms with Crippen LogP contribution in [0.1, 0.15) is 13.8 Å². The van der Waals surface area contributed by atoms with Crippen molar-refractivity contribution in [1.82, 2.24) is 15.3 Å². The van der Waals surface area contributed by atoms with E-state index in [-0.39, 0.29) is 5.91 Å². The Morgan fingerprint density at radius 2 is 2.05 bits per heavy atom. The molecule has 8 nitrogen and oxygen atoms in total. The molecule has 1 aromatic heterocycles. The average molecular weight is 297 g/mol. The highest BCUT2D eigenvalue weighted by molar-refractivity contribution is 5.84. The number of rotatable bonds is 9. The van der Waals surface area contributed by atoms with E-state index in [1.807, 2.05) is 6.92 Å². The van der Waals surface area contributed by atoms with E-state index in [9.17, 15) is 4.79 Å². The Morgan fingerprint density at radius 1 is 1.33 bits per heavy atom. The van der Waals surface area contributed by atoms with Gasteiger partial charge in [-0.05, 0) is 13.8 Å². The number of amides is 1. The van der Waals surface area contributed by atoms with Gasteiger partial charge in [0, 0.05) is 20.2 Å². The van der Waals surface area contributed by atoms with Crippen LogP contribution in [0.5, 0.6) is 5.75 Å². The standard InChI is InChI=1S/C13H23N5O3/c1-5-14-11-10(21-4)12(17-8-16-11)18-9(2)13(19)15-6-7-20-3/h8-9H,5-7H2,1-4H3,(H,15,19)(H2,14,16,17,18). The summed E-state index contributed by atoms with van der Waals surface area (Å²) in [5.41, 5.74) is 0. The topological polar surface area (TPSA) is 97.4 Å². The average Bonchev–Trinajstić information content (AvgIpc) is 2.48. The zero-order valence-corrected chi connectivity index (χ0v) is 12.9. The van der Waals surface area contributed by atoms with E-state index in [1.54, 1.807) is 14.0 Å². The van der Waals surface area contributed by atoms with Crippen LogP contribution in [0.2, 0.25) is 0 Å². The van der Waals surface area contributed by atoms with Gasteiger partial charge >= 0.3 is 0 Å². The Kier molecular flexibility index (Phi) is 7.24. The molecule has 0 aromatic carbocycles. The zero-order valence-electron chi connectivity index (χ0n) is 12.9. The molecule has 3 N–H and O–H groups in total. The molecule has 0 spiro atoms. The maximum Gasteiger partial charge on any atom is 0.242 e. The largest absolute Gasteiger partial charge is 0.490 e. The Balaban J connectivity index is 2.72. The van der Waals surface area contributed by atoms with Gasteiger partial charge in [-0.3, -0.25) is 4.79 Å². The molecule has 0 radical (unpaired) electrons. The number of methoxy groups -OCH3 is 2. The summed E-state index contributed by atoms with van der Waals surface area (Å²) in [4.78, 5) is 20.1. The van der Waals surface area contributed by atoms with Crippen molar-refractivity contribution in [3.8, 4) is 5.75 Å². The minimum Gasteiger partial charge on any atom is -0.490 e. The number of nitrogens with zero attached hydrogens (tertiary/aromatic N) is 2. The minimum atomic E-state index is -0.458. The summed E-state index contributed by atoms with van der Waals surface area (Å²) in [5.74, 6) is 1.40. The van der Waals surface area contributed by atoms with Gasteiger partial charge in [0.05, 0.1) is 13.7 Å². The van der Waals surface area contributed by atoms with Crippen LogP contribution in [0.4, 0.5) is 11.6 Å². The number of nitrogens with one attached hydrogen (secondary N) is 3. The Labute approximate surface area is 124 Å². The fraction of sp³-hybridized carbons (Fsp3) is 0.615. The summed E-state index contributed by atoms with van der Waals surface area (Å²) in [5, 5.41) is 8.85. The number of ether oxygens (including phenoxy) is 2. The SMILES string of the molecule is CCNc1ncnc(NC(C)C(=O)NCCOC)c1OC. The number of carbonyl (C=O) groups is 1. The lowest BCUT2D eigenvalue weighted by Crippen LogP contribution is -2.39. The Hall–Kier alpha value is -2.09. The first kappa shape index (κ1) is 17.0. The van der Waals surface area contributed by atoms with Crippen LogP contribution in [-0.4, -0.2) is 55.8 Å². The first-order valence-electron chi connectivity index (χ1n) is 6.80. The highest BCUT2D eigenvalue weighted by atomic mass is 16.5. The van der Waals surface area contributed by atoms with Gasteiger partial charge in [-0.25, -0.2) is 9.97 Å². The number of aromatic nitrogens is 2. The highest BCUT2D eigenvalue weighted by Gasteiger charge is 2.17. The summed E-state index contributed by atoms with van der Waals surface area (Å²) in [7, 11) is 3.12. The number of anilines is 2. The van der Waals surface area contributed by atoms with Gasteiger partial charge in [-0.15, -0.1) is 0 Å². The van der Waals surface area contributed by atoms with Gasteiger partial charge in [-0.1, -0.05) is 0 Å². The molecular formula is C13H23N5O3. The molecule has 21 heavy (non-hydrogen) atoms. The molecule has 0 saturated carbocycles. The molecule has 0 bridgehead atoms. The number of hydrogen-bond donors (Lipinski definition) is 3. The van der Waals surface area contributed by atoms with Crippen LogP contribution < -0.4 is 20.7 Å². The first-order valence-corrected chi connectivity index (χ1v) is 6.80. The summed E-state index contributed by atoms with van der Waals surface area (Å²) in [6.07, 6.45) is 1.42. The smallest absolute Gasteiger partial charge is 0.242 e. The fourth-order valence-corrected chi connectivity index (χ4v) is 1.66. The minimum absolute atomic E-state index is 0.141. The lowest BCUT2D eigenvalue weighted by molar-refractivity contribution is -0.121. The third kappa shape index (κ3) is 5.07. The second-order valence-electron chi connectivity index (χ2n) is 4.28. The zero-order chi connectivity index (χ0) is 15.7. The quantitative estimate of drug-likeness (QED) is 0.570. The van der Waals surface area contributed by atoms with E-state index in [0.717, 1.165) is 0 Å². The third-order valence-electron chi connectivity index (χ3n) is 2.70. The second-order valence-corrected chi connectivity index (χ2v) is 4.28. The van der Waals surface area contributed by atoms with Crippen molar-refractivity contribution >= 4 is 17.5 Å². The van der Waals surface area contributed by atoms with Crippen molar-refractivity contribution in [2.24, 2.45) is 0 Å². The van der Waals surface area contributed by atoms with Crippen molar-refractivity contribution in [1.29, 1.82) is 0 Å². The second kappa shape index (κ2) is 8.96. The molecule has 0 saturated heterocycles. The van der Waals surface area contributed by atoms with Crippen molar-refractivity contribution in [2.75, 3.05) is 44.5 Å². The van der Waals surface area contributed by atoms with E-state index in [0.29, 0.717) is 37.1 Å². The molecule has 1 rings (SSSR count). The van der Waals surface area contributed by atoms with E-state index in [1.165, 1.54) is 13.4 Å². The Bertz CT molecular complexity index is 455. The maximum atomic E-state index is 11.9. The number of hydrogen-bond acceptors (Lipinski definition) is 7. The molecule has 0 fully saturated rings. The summed E-state index contributed by atoms with van der Waals surface area (Å²) >= 11 is 0. The van der Waals surface area contributed by atoms with Crippen molar-refractivity contribution < 1.29 is 14.3 Å². The van der Waals surface area contributed by atoms with Crippen molar-refractivity contribution in [3.05, 3.63) is 6.33 Å². The summed E-state index contributed by atoms with van der Waals surface area (Å²) < 4.78 is 10.2. The molecule has 1 heterocycles. The first-order chi connectivity index (χ1) is 10.1. The van der Waals surface area contributed by atoms with Crippen molar-refractivity contribution in [3.63, 3.8) is 0 Å². The lowest BCUT2D eigenvalue weighted by Gasteiger charge is -2.17. The van der Waals surface area contributed by atoms with E-state index >= 15 is 0 Å². The van der Waals surface area contributed by atoms with E-state index in [2.05, 4.69) is 25.9 Å². The normalized spacial score (nSPS) is 11.6. The van der Waals surface area contributed by atoms with Crippen LogP contribution in [0, 0.1) is 0 Å². The van der Waals surface area contributed by atoms with Crippen LogP contribution in [0.3, 0.4) is 0 Å². The molecule has 0 aliphatic carbocycles. The Morgan fingerprint density at radius 3 is 2.67 bits per heavy atom. The van der Waals surface area contributed by atoms with E-state index < -0.39 is 6.04 Å². The van der Waals surface area contributed by atoms with Crippen molar-refractivity contribution in [2.45, 2.75) is 19.9 Å². The molecule has 1 atom stereocenters. The molecule has 1 amide bonds. The maximum absolute atomic E-state index is 11.9. The fourth-order valence-electron chi connectivity index (χ4n) is 1.66. The van der Waals surface area contributed by atoms with Crippen LogP contribution in [0.15, 0.2) is 6.33 Å². The van der Waals surface area contributed by atoms with Crippen LogP contribution >= 0.6 is 0 Å². The predicted octanol–water partition coefficient (Wildman–Crippen LogP) is 0.480. The summed E-state index contributed by atoms with van der Waals surface area (Å²) in [6.45, 7) is 5.35. The third-order valence-corrected chi connectivity index (χ3v) is 2.70. The van der Waals surface area contributed by atoms with Gasteiger partial charge in [0.1, 0.15) is 12.4 Å². The molecule has 0 aliphatic heterocycles. The number of carbonyl (C=O) groups excluding carboxylic acids is 1. The molecule has 8 heteroatoms. The molecule has 118 valence electrons. The predicted molar refractivity (Wildman–Crippen MR) is 80.7 cm³/mol. The van der Waals surface area contributed by atoms with Gasteiger partial charge in [0.2, 0.25) is 11.7 Å². The van der Waals surface area contributed by atoms with Gasteiger partial charge in [0.25, 0.3) is 0 Å². The van der Waals surface area contributed by atoms with Gasteiger partial charge in [0.15, 0.2) is 11.6 Å². The highest BCUT2D eigenvalue weighted by Crippen LogP contribution is 2.29. The lowest BCUT2D eigenvalue weighted by atomic mass is 10.3. The monoisotopic (exact) mass is 297 g/mol. The van der Waals surface area contributed by atoms with Crippen LogP contribution in [0.25, 0.3) is 0 Å². The molecule has 1 unspecified atom stereocenters. The van der Waals surface area contributed by atoms with Gasteiger partial charge < -0.3 is 25.4 Å². The molecular weight excluding hydrogens is 274 g/mol. The summed E-state index contributed by atoms with van der Waals surface area (Å²) in [6, 6.07) is -0.458.